The van der Waals surface area contributed by atoms with Crippen molar-refractivity contribution in [1.82, 2.24) is 5.32 Å². The molecule has 0 aliphatic carbocycles. The number of halogens is 1. The van der Waals surface area contributed by atoms with E-state index >= 15 is 0 Å². The number of nitrogens with one attached hydrogen (secondary N) is 1. The first kappa shape index (κ1) is 11.5. The van der Waals surface area contributed by atoms with Crippen LogP contribution in [0.25, 0.3) is 0 Å². The molecule has 2 N–H and O–H groups in total. The summed E-state index contributed by atoms with van der Waals surface area (Å²) in [7, 11) is 1.77. The van der Waals surface area contributed by atoms with E-state index in [2.05, 4.69) is 5.32 Å². The number of hydrogen-bond donors (Lipinski definition) is 2. The second-order valence-corrected chi connectivity index (χ2v) is 3.82. The highest BCUT2D eigenvalue weighted by molar-refractivity contribution is 7.98. The SMILES string of the molecule is CNCC(O)c1ccc(F)c(SC)c1. The van der Waals surface area contributed by atoms with Crippen molar-refractivity contribution in [2.45, 2.75) is 11.0 Å². The minimum Gasteiger partial charge on any atom is -0.387 e. The van der Waals surface area contributed by atoms with E-state index in [0.717, 1.165) is 5.56 Å². The van der Waals surface area contributed by atoms with E-state index in [9.17, 15) is 9.50 Å². The molecule has 1 unspecified atom stereocenters. The Morgan fingerprint density at radius 2 is 2.29 bits per heavy atom. The second kappa shape index (κ2) is 5.34. The first-order valence-electron chi connectivity index (χ1n) is 4.35. The van der Waals surface area contributed by atoms with Crippen LogP contribution in [-0.2, 0) is 0 Å². The van der Waals surface area contributed by atoms with Crippen LogP contribution >= 0.6 is 11.8 Å². The number of aliphatic hydroxyl groups excluding tert-OH is 1. The fourth-order valence-corrected chi connectivity index (χ4v) is 1.71. The molecule has 14 heavy (non-hydrogen) atoms. The number of hydrogen-bond acceptors (Lipinski definition) is 3. The van der Waals surface area contributed by atoms with E-state index in [1.165, 1.54) is 17.8 Å². The zero-order chi connectivity index (χ0) is 10.6. The van der Waals surface area contributed by atoms with Gasteiger partial charge in [0, 0.05) is 11.4 Å². The number of benzene rings is 1. The van der Waals surface area contributed by atoms with Crippen LogP contribution in [0.15, 0.2) is 23.1 Å². The van der Waals surface area contributed by atoms with Gasteiger partial charge in [0.2, 0.25) is 0 Å². The van der Waals surface area contributed by atoms with E-state index in [1.54, 1.807) is 19.2 Å². The maximum absolute atomic E-state index is 13.1. The first-order chi connectivity index (χ1) is 6.69. The number of thioether (sulfide) groups is 1. The lowest BCUT2D eigenvalue weighted by Gasteiger charge is -2.11. The molecule has 0 heterocycles. The number of likely N-dealkylation sites (N-methyl/N-ethyl adjacent to an activating group) is 1. The molecule has 0 amide bonds. The number of rotatable bonds is 4. The van der Waals surface area contributed by atoms with Crippen molar-refractivity contribution < 1.29 is 9.50 Å². The molecule has 1 aromatic rings. The van der Waals surface area contributed by atoms with Crippen LogP contribution in [-0.4, -0.2) is 25.0 Å². The highest BCUT2D eigenvalue weighted by atomic mass is 32.2. The predicted molar refractivity (Wildman–Crippen MR) is 57.1 cm³/mol. The fourth-order valence-electron chi connectivity index (χ4n) is 1.19. The smallest absolute Gasteiger partial charge is 0.136 e. The van der Waals surface area contributed by atoms with Crippen molar-refractivity contribution in [2.24, 2.45) is 0 Å². The molecule has 0 spiro atoms. The molecule has 0 aromatic heterocycles. The van der Waals surface area contributed by atoms with Gasteiger partial charge >= 0.3 is 0 Å². The quantitative estimate of drug-likeness (QED) is 0.751. The average molecular weight is 215 g/mol. The van der Waals surface area contributed by atoms with Gasteiger partial charge in [-0.15, -0.1) is 11.8 Å². The van der Waals surface area contributed by atoms with Crippen molar-refractivity contribution in [1.29, 1.82) is 0 Å². The molecule has 0 saturated carbocycles. The molecule has 0 aliphatic heterocycles. The van der Waals surface area contributed by atoms with Gasteiger partial charge in [-0.1, -0.05) is 6.07 Å². The second-order valence-electron chi connectivity index (χ2n) is 2.97. The first-order valence-corrected chi connectivity index (χ1v) is 5.57. The van der Waals surface area contributed by atoms with E-state index < -0.39 is 6.10 Å². The van der Waals surface area contributed by atoms with E-state index in [1.807, 2.05) is 6.26 Å². The largest absolute Gasteiger partial charge is 0.387 e. The monoisotopic (exact) mass is 215 g/mol. The Morgan fingerprint density at radius 1 is 1.57 bits per heavy atom. The third kappa shape index (κ3) is 2.70. The van der Waals surface area contributed by atoms with Crippen molar-refractivity contribution in [3.63, 3.8) is 0 Å². The van der Waals surface area contributed by atoms with Gasteiger partial charge in [-0.25, -0.2) is 4.39 Å². The molecule has 0 bridgehead atoms. The molecule has 4 heteroatoms. The van der Waals surface area contributed by atoms with Crippen LogP contribution in [0, 0.1) is 5.82 Å². The third-order valence-electron chi connectivity index (χ3n) is 1.96. The molecule has 1 rings (SSSR count). The molecule has 78 valence electrons. The number of aliphatic hydroxyl groups is 1. The molecule has 0 radical (unpaired) electrons. The van der Waals surface area contributed by atoms with Crippen molar-refractivity contribution in [3.05, 3.63) is 29.6 Å². The van der Waals surface area contributed by atoms with Gasteiger partial charge in [-0.2, -0.15) is 0 Å². The molecule has 0 fully saturated rings. The minimum atomic E-state index is -0.577. The van der Waals surface area contributed by atoms with Gasteiger partial charge in [0.1, 0.15) is 5.82 Å². The van der Waals surface area contributed by atoms with Gasteiger partial charge in [0.05, 0.1) is 6.10 Å². The summed E-state index contributed by atoms with van der Waals surface area (Å²) in [5.41, 5.74) is 0.741. The normalized spacial score (nSPS) is 12.9. The lowest BCUT2D eigenvalue weighted by atomic mass is 10.1. The minimum absolute atomic E-state index is 0.238. The van der Waals surface area contributed by atoms with Gasteiger partial charge in [-0.3, -0.25) is 0 Å². The molecule has 2 nitrogen and oxygen atoms in total. The summed E-state index contributed by atoms with van der Waals surface area (Å²) in [4.78, 5) is 0.567. The molecule has 1 atom stereocenters. The summed E-state index contributed by atoms with van der Waals surface area (Å²) in [5.74, 6) is -0.238. The fraction of sp³-hybridized carbons (Fsp3) is 0.400. The lowest BCUT2D eigenvalue weighted by molar-refractivity contribution is 0.177. The molecule has 1 aromatic carbocycles. The Balaban J connectivity index is 2.88. The summed E-state index contributed by atoms with van der Waals surface area (Å²) < 4.78 is 13.1. The maximum atomic E-state index is 13.1. The van der Waals surface area contributed by atoms with Crippen LogP contribution in [0.5, 0.6) is 0 Å². The predicted octanol–water partition coefficient (Wildman–Crippen LogP) is 1.80. The van der Waals surface area contributed by atoms with Crippen molar-refractivity contribution >= 4 is 11.8 Å². The average Bonchev–Trinajstić information content (AvgIpc) is 2.19. The molecule has 0 aliphatic rings. The van der Waals surface area contributed by atoms with Gasteiger partial charge in [0.15, 0.2) is 0 Å². The van der Waals surface area contributed by atoms with Crippen LogP contribution in [0.1, 0.15) is 11.7 Å². The Hall–Kier alpha value is -0.580. The van der Waals surface area contributed by atoms with E-state index in [4.69, 9.17) is 0 Å². The van der Waals surface area contributed by atoms with Crippen molar-refractivity contribution in [2.75, 3.05) is 19.8 Å². The van der Waals surface area contributed by atoms with Crippen LogP contribution in [0.3, 0.4) is 0 Å². The summed E-state index contributed by atoms with van der Waals surface area (Å²) in [6, 6.07) is 4.68. The Bertz CT molecular complexity index is 306. The maximum Gasteiger partial charge on any atom is 0.136 e. The van der Waals surface area contributed by atoms with Crippen LogP contribution < -0.4 is 5.32 Å². The summed E-state index contributed by atoms with van der Waals surface area (Å²) in [5, 5.41) is 12.5. The van der Waals surface area contributed by atoms with Crippen LogP contribution in [0.2, 0.25) is 0 Å². The third-order valence-corrected chi connectivity index (χ3v) is 2.71. The molecular formula is C10H14FNOS. The summed E-state index contributed by atoms with van der Waals surface area (Å²) >= 11 is 1.34. The highest BCUT2D eigenvalue weighted by Gasteiger charge is 2.09. The van der Waals surface area contributed by atoms with Crippen LogP contribution in [0.4, 0.5) is 4.39 Å². The standard InChI is InChI=1S/C10H14FNOS/c1-12-6-9(13)7-3-4-8(11)10(5-7)14-2/h3-5,9,12-13H,6H2,1-2H3. The topological polar surface area (TPSA) is 32.3 Å². The molecular weight excluding hydrogens is 201 g/mol. The zero-order valence-corrected chi connectivity index (χ0v) is 9.07. The van der Waals surface area contributed by atoms with Crippen molar-refractivity contribution in [3.8, 4) is 0 Å². The zero-order valence-electron chi connectivity index (χ0n) is 8.25. The summed E-state index contributed by atoms with van der Waals surface area (Å²) in [6.07, 6.45) is 1.23. The van der Waals surface area contributed by atoms with E-state index in [0.29, 0.717) is 11.4 Å². The Kier molecular flexibility index (Phi) is 4.38. The molecule has 0 saturated heterocycles. The van der Waals surface area contributed by atoms with Gasteiger partial charge in [-0.05, 0) is 31.0 Å². The Morgan fingerprint density at radius 3 is 2.86 bits per heavy atom. The summed E-state index contributed by atoms with van der Waals surface area (Å²) in [6.45, 7) is 0.472. The Labute approximate surface area is 87.5 Å². The lowest BCUT2D eigenvalue weighted by Crippen LogP contribution is -2.16. The highest BCUT2D eigenvalue weighted by Crippen LogP contribution is 2.23. The van der Waals surface area contributed by atoms with E-state index in [-0.39, 0.29) is 5.82 Å². The van der Waals surface area contributed by atoms with Gasteiger partial charge in [0.25, 0.3) is 0 Å². The van der Waals surface area contributed by atoms with Gasteiger partial charge < -0.3 is 10.4 Å².